The first-order chi connectivity index (χ1) is 57.9. The SMILES string of the molecule is N.c1ccc(-c2ccc(-c3ccc4c5cccnc5c5cc6ccccc6cc5c4n3)cn2)nc1.c1ccc(-c2nc(-c3ccccc3)nc(-c3ccc4c(c3)c3cc5ccccc5cc3c3ncccc43)n2)cc1.c1ccc(-n2c(-c3ccc(-c4ccc5cc6ccc7cc8cccnc8cc7c6cc5n4)cc3)nc3ccccc32)cc1. The number of nitrogens with zero attached hydrogens (tertiary/aromatic N) is 12. The van der Waals surface area contributed by atoms with Gasteiger partial charge in [0.25, 0.3) is 0 Å². The van der Waals surface area contributed by atoms with Crippen LogP contribution in [0.4, 0.5) is 0 Å². The van der Waals surface area contributed by atoms with Crippen LogP contribution in [0.5, 0.6) is 0 Å². The van der Waals surface area contributed by atoms with Crippen LogP contribution in [0.15, 0.2) is 389 Å². The van der Waals surface area contributed by atoms with Crippen LogP contribution in [0, 0.1) is 0 Å². The fourth-order valence-electron chi connectivity index (χ4n) is 16.6. The zero-order valence-corrected chi connectivity index (χ0v) is 63.5. The molecule has 3 N–H and O–H groups in total. The van der Waals surface area contributed by atoms with Crippen molar-refractivity contribution in [2.24, 2.45) is 0 Å². The molecule has 15 aromatic carbocycles. The van der Waals surface area contributed by atoms with Gasteiger partial charge in [-0.2, -0.15) is 0 Å². The van der Waals surface area contributed by atoms with Crippen LogP contribution in [0.2, 0.25) is 0 Å². The Hall–Kier alpha value is -16.1. The standard InChI is InChI=1S/C39H24N4.C36H22N4.C30H18N4.H3N/c1-2-8-31(9-3-1)43-38-11-5-4-10-35(38)42-39(43)26-14-12-25(13-15-26)34-19-18-30-22-28-17-16-27-21-29-7-6-20-40-36(29)23-32(27)33(28)24-37(30)41-34;1-3-10-23(11-4-1)34-38-35(24-12-5-2-6-13-24)40-36(39-34)27-17-18-28-29-16-9-19-37-33(29)32-21-26-15-8-7-14-25(26)20-31(32)30(28)22-27;1-2-7-20-17-25-24(16-19(20)6-1)29-22(8-5-15-32-29)23-11-13-26(34-30(23)25)21-10-12-28(33-18-21)27-9-3-4-14-31-27;/h1-24H;1-22H;1-18H;1H3. The first kappa shape index (κ1) is 69.8. The van der Waals surface area contributed by atoms with E-state index in [1.165, 1.54) is 48.5 Å². The Balaban J connectivity index is 0.000000110. The third kappa shape index (κ3) is 12.7. The fourth-order valence-corrected chi connectivity index (χ4v) is 16.6. The van der Waals surface area contributed by atoms with Gasteiger partial charge in [-0.15, -0.1) is 0 Å². The summed E-state index contributed by atoms with van der Waals surface area (Å²) in [4.78, 5) is 53.3. The smallest absolute Gasteiger partial charge is 0.164 e. The topological polar surface area (TPSA) is 182 Å². The zero-order valence-electron chi connectivity index (χ0n) is 63.5. The van der Waals surface area contributed by atoms with Crippen molar-refractivity contribution in [3.63, 3.8) is 0 Å². The number of imidazole rings is 1. The van der Waals surface area contributed by atoms with Gasteiger partial charge >= 0.3 is 0 Å². The number of rotatable bonds is 8. The van der Waals surface area contributed by atoms with E-state index in [4.69, 9.17) is 39.9 Å². The molecular weight excluding hydrogens is 1440 g/mol. The number of hydrogen-bond acceptors (Lipinski definition) is 12. The molecule has 13 nitrogen and oxygen atoms in total. The molecule has 552 valence electrons. The van der Waals surface area contributed by atoms with E-state index < -0.39 is 0 Å². The quantitative estimate of drug-likeness (QED) is 0.112. The molecule has 0 atom stereocenters. The molecule has 24 aromatic rings. The lowest BCUT2D eigenvalue weighted by Crippen LogP contribution is -2.00. The van der Waals surface area contributed by atoms with Gasteiger partial charge in [-0.05, 0) is 199 Å². The molecular formula is C105H67N13. The summed E-state index contributed by atoms with van der Waals surface area (Å²) in [6, 6.07) is 124. The van der Waals surface area contributed by atoms with Crippen molar-refractivity contribution in [1.29, 1.82) is 0 Å². The monoisotopic (exact) mass is 1510 g/mol. The summed E-state index contributed by atoms with van der Waals surface area (Å²) in [6.45, 7) is 0. The van der Waals surface area contributed by atoms with Crippen LogP contribution in [0.1, 0.15) is 0 Å². The van der Waals surface area contributed by atoms with Crippen molar-refractivity contribution >= 4 is 141 Å². The van der Waals surface area contributed by atoms with Crippen LogP contribution in [0.25, 0.3) is 226 Å². The molecule has 0 saturated heterocycles. The molecule has 24 rings (SSSR count). The van der Waals surface area contributed by atoms with E-state index in [1.54, 1.807) is 6.20 Å². The Morgan fingerprint density at radius 3 is 1.31 bits per heavy atom. The summed E-state index contributed by atoms with van der Waals surface area (Å²) in [5.41, 5.74) is 17.7. The molecule has 9 aromatic heterocycles. The second-order valence-corrected chi connectivity index (χ2v) is 29.3. The zero-order chi connectivity index (χ0) is 77.3. The molecule has 0 radical (unpaired) electrons. The Morgan fingerprint density at radius 2 is 0.653 bits per heavy atom. The second-order valence-electron chi connectivity index (χ2n) is 29.3. The molecule has 0 spiro atoms. The van der Waals surface area contributed by atoms with Gasteiger partial charge in [-0.3, -0.25) is 29.5 Å². The highest BCUT2D eigenvalue weighted by Gasteiger charge is 2.20. The van der Waals surface area contributed by atoms with E-state index >= 15 is 0 Å². The Labute approximate surface area is 676 Å². The van der Waals surface area contributed by atoms with Crippen molar-refractivity contribution in [3.05, 3.63) is 389 Å². The molecule has 0 saturated carbocycles. The number of pyridine rings is 7. The van der Waals surface area contributed by atoms with Crippen molar-refractivity contribution in [3.8, 4) is 85.1 Å². The Bertz CT molecular complexity index is 7990. The summed E-state index contributed by atoms with van der Waals surface area (Å²) in [7, 11) is 0. The Morgan fingerprint density at radius 1 is 0.195 bits per heavy atom. The molecule has 13 heteroatoms. The minimum atomic E-state index is 0. The largest absolute Gasteiger partial charge is 0.344 e. The maximum Gasteiger partial charge on any atom is 0.164 e. The lowest BCUT2D eigenvalue weighted by molar-refractivity contribution is 1.07. The average Bonchev–Trinajstić information content (AvgIpc) is 1.12. The molecule has 0 unspecified atom stereocenters. The molecule has 0 fully saturated rings. The molecule has 0 aliphatic carbocycles. The summed E-state index contributed by atoms with van der Waals surface area (Å²) in [6.07, 6.45) is 9.24. The highest BCUT2D eigenvalue weighted by Crippen LogP contribution is 2.42. The van der Waals surface area contributed by atoms with Gasteiger partial charge in [-0.25, -0.2) is 29.9 Å². The van der Waals surface area contributed by atoms with Gasteiger partial charge in [0.05, 0.1) is 61.4 Å². The van der Waals surface area contributed by atoms with E-state index in [2.05, 4.69) is 262 Å². The van der Waals surface area contributed by atoms with E-state index in [0.717, 1.165) is 160 Å². The van der Waals surface area contributed by atoms with Crippen LogP contribution in [0.3, 0.4) is 0 Å². The van der Waals surface area contributed by atoms with Crippen molar-refractivity contribution in [2.45, 2.75) is 0 Å². The van der Waals surface area contributed by atoms with Gasteiger partial charge < -0.3 is 6.15 Å². The molecule has 0 aliphatic heterocycles. The highest BCUT2D eigenvalue weighted by molar-refractivity contribution is 6.28. The number of hydrogen-bond donors (Lipinski definition) is 1. The first-order valence-corrected chi connectivity index (χ1v) is 39.0. The second kappa shape index (κ2) is 29.5. The average molecular weight is 1510 g/mol. The summed E-state index contributed by atoms with van der Waals surface area (Å²) in [5, 5.41) is 22.1. The predicted molar refractivity (Wildman–Crippen MR) is 485 cm³/mol. The van der Waals surface area contributed by atoms with Gasteiger partial charge in [-0.1, -0.05) is 218 Å². The third-order valence-electron chi connectivity index (χ3n) is 22.3. The minimum Gasteiger partial charge on any atom is -0.344 e. The predicted octanol–water partition coefficient (Wildman–Crippen LogP) is 26.0. The van der Waals surface area contributed by atoms with Gasteiger partial charge in [0.2, 0.25) is 0 Å². The first-order valence-electron chi connectivity index (χ1n) is 39.0. The van der Waals surface area contributed by atoms with Crippen molar-refractivity contribution < 1.29 is 0 Å². The van der Waals surface area contributed by atoms with E-state index in [-0.39, 0.29) is 6.15 Å². The summed E-state index contributed by atoms with van der Waals surface area (Å²) < 4.78 is 2.23. The highest BCUT2D eigenvalue weighted by atomic mass is 15.1. The van der Waals surface area contributed by atoms with Crippen LogP contribution in [-0.2, 0) is 0 Å². The van der Waals surface area contributed by atoms with Gasteiger partial charge in [0.15, 0.2) is 17.5 Å². The number of fused-ring (bicyclic) bond motifs is 20. The minimum absolute atomic E-state index is 0. The normalized spacial score (nSPS) is 11.5. The van der Waals surface area contributed by atoms with Gasteiger partial charge in [0.1, 0.15) is 5.82 Å². The molecule has 0 bridgehead atoms. The molecule has 0 aliphatic rings. The van der Waals surface area contributed by atoms with E-state index in [1.807, 2.05) is 140 Å². The fraction of sp³-hybridized carbons (Fsp3) is 0. The van der Waals surface area contributed by atoms with Gasteiger partial charge in [0, 0.05) is 113 Å². The Kier molecular flexibility index (Phi) is 17.4. The third-order valence-corrected chi connectivity index (χ3v) is 22.3. The van der Waals surface area contributed by atoms with Crippen LogP contribution < -0.4 is 6.15 Å². The number of aromatic nitrogens is 12. The van der Waals surface area contributed by atoms with E-state index in [0.29, 0.717) is 17.5 Å². The van der Waals surface area contributed by atoms with Crippen LogP contribution in [-0.4, -0.2) is 59.4 Å². The number of benzene rings is 15. The van der Waals surface area contributed by atoms with E-state index in [9.17, 15) is 0 Å². The number of para-hydroxylation sites is 3. The summed E-state index contributed by atoms with van der Waals surface area (Å²) >= 11 is 0. The lowest BCUT2D eigenvalue weighted by atomic mass is 9.93. The van der Waals surface area contributed by atoms with Crippen LogP contribution >= 0.6 is 0 Å². The van der Waals surface area contributed by atoms with Crippen molar-refractivity contribution in [2.75, 3.05) is 0 Å². The summed E-state index contributed by atoms with van der Waals surface area (Å²) in [5.74, 6) is 2.88. The van der Waals surface area contributed by atoms with Crippen molar-refractivity contribution in [1.82, 2.24) is 65.5 Å². The maximum atomic E-state index is 5.15. The molecule has 0 amide bonds. The maximum absolute atomic E-state index is 5.15. The molecule has 9 heterocycles. The lowest BCUT2D eigenvalue weighted by Gasteiger charge is -2.13. The molecule has 118 heavy (non-hydrogen) atoms.